The Morgan fingerprint density at radius 2 is 1.79 bits per heavy atom. The third kappa shape index (κ3) is 2.72. The standard InChI is InChI=1S/C16H22N8/c1-11-10-15-18-13(20-24(15)12(2)17-11)6-7-14-19-16(21-22(14)3)23-8-4-5-9-23/h10H,4-9H2,1-3H3. The quantitative estimate of drug-likeness (QED) is 0.718. The fraction of sp³-hybridized carbons (Fsp3) is 0.562. The van der Waals surface area contributed by atoms with Crippen LogP contribution in [0.4, 0.5) is 5.95 Å². The highest BCUT2D eigenvalue weighted by molar-refractivity contribution is 5.39. The van der Waals surface area contributed by atoms with Gasteiger partial charge in [0, 0.05) is 44.7 Å². The van der Waals surface area contributed by atoms with Gasteiger partial charge in [0.1, 0.15) is 11.6 Å². The predicted octanol–water partition coefficient (Wildman–Crippen LogP) is 1.26. The van der Waals surface area contributed by atoms with Gasteiger partial charge < -0.3 is 4.90 Å². The summed E-state index contributed by atoms with van der Waals surface area (Å²) in [5.74, 6) is 3.50. The zero-order valence-electron chi connectivity index (χ0n) is 14.4. The molecule has 0 aliphatic carbocycles. The Hall–Kier alpha value is -2.51. The number of fused-ring (bicyclic) bond motifs is 1. The van der Waals surface area contributed by atoms with Crippen LogP contribution in [0.2, 0.25) is 0 Å². The lowest BCUT2D eigenvalue weighted by Gasteiger charge is -2.10. The second-order valence-corrected chi connectivity index (χ2v) is 6.39. The molecule has 4 rings (SSSR count). The minimum atomic E-state index is 0.742. The van der Waals surface area contributed by atoms with Gasteiger partial charge >= 0.3 is 0 Å². The minimum absolute atomic E-state index is 0.742. The second kappa shape index (κ2) is 5.85. The molecule has 0 amide bonds. The van der Waals surface area contributed by atoms with Gasteiger partial charge in [-0.1, -0.05) is 0 Å². The number of anilines is 1. The van der Waals surface area contributed by atoms with Crippen LogP contribution < -0.4 is 4.90 Å². The summed E-state index contributed by atoms with van der Waals surface area (Å²) in [6.45, 7) is 6.04. The maximum Gasteiger partial charge on any atom is 0.244 e. The van der Waals surface area contributed by atoms with Crippen molar-refractivity contribution in [2.24, 2.45) is 7.05 Å². The Morgan fingerprint density at radius 3 is 2.58 bits per heavy atom. The van der Waals surface area contributed by atoms with Crippen LogP contribution in [0.1, 0.15) is 36.0 Å². The number of aromatic nitrogens is 7. The lowest BCUT2D eigenvalue weighted by Crippen LogP contribution is -2.19. The summed E-state index contributed by atoms with van der Waals surface area (Å²) in [6, 6.07) is 1.96. The van der Waals surface area contributed by atoms with Gasteiger partial charge in [0.15, 0.2) is 11.5 Å². The molecular weight excluding hydrogens is 304 g/mol. The van der Waals surface area contributed by atoms with Crippen LogP contribution in [0.25, 0.3) is 5.65 Å². The normalized spacial score (nSPS) is 14.9. The molecule has 0 atom stereocenters. The summed E-state index contributed by atoms with van der Waals surface area (Å²) in [5.41, 5.74) is 1.81. The molecule has 0 bridgehead atoms. The van der Waals surface area contributed by atoms with Crippen molar-refractivity contribution in [3.8, 4) is 0 Å². The van der Waals surface area contributed by atoms with E-state index in [1.54, 1.807) is 4.52 Å². The summed E-state index contributed by atoms with van der Waals surface area (Å²) in [6.07, 6.45) is 3.98. The molecule has 1 aliphatic rings. The first-order valence-corrected chi connectivity index (χ1v) is 8.45. The van der Waals surface area contributed by atoms with Crippen LogP contribution >= 0.6 is 0 Å². The van der Waals surface area contributed by atoms with Crippen molar-refractivity contribution in [1.29, 1.82) is 0 Å². The van der Waals surface area contributed by atoms with E-state index in [1.165, 1.54) is 12.8 Å². The molecular formula is C16H22N8. The minimum Gasteiger partial charge on any atom is -0.340 e. The summed E-state index contributed by atoms with van der Waals surface area (Å²) in [5, 5.41) is 9.11. The maximum atomic E-state index is 4.70. The van der Waals surface area contributed by atoms with Gasteiger partial charge in [0.2, 0.25) is 5.95 Å². The largest absolute Gasteiger partial charge is 0.340 e. The van der Waals surface area contributed by atoms with Gasteiger partial charge in [-0.15, -0.1) is 10.2 Å². The van der Waals surface area contributed by atoms with Gasteiger partial charge in [0.05, 0.1) is 0 Å². The zero-order valence-corrected chi connectivity index (χ0v) is 14.4. The van der Waals surface area contributed by atoms with Crippen molar-refractivity contribution < 1.29 is 0 Å². The van der Waals surface area contributed by atoms with Crippen molar-refractivity contribution >= 4 is 11.6 Å². The molecule has 8 nitrogen and oxygen atoms in total. The number of hydrogen-bond donors (Lipinski definition) is 0. The Labute approximate surface area is 140 Å². The highest BCUT2D eigenvalue weighted by Gasteiger charge is 2.18. The van der Waals surface area contributed by atoms with Crippen LogP contribution in [-0.4, -0.2) is 47.4 Å². The topological polar surface area (TPSA) is 77.0 Å². The van der Waals surface area contributed by atoms with Crippen molar-refractivity contribution in [1.82, 2.24) is 34.3 Å². The fourth-order valence-corrected chi connectivity index (χ4v) is 3.22. The monoisotopic (exact) mass is 326 g/mol. The first-order chi connectivity index (χ1) is 11.6. The molecule has 1 aliphatic heterocycles. The van der Waals surface area contributed by atoms with Gasteiger partial charge in [0.25, 0.3) is 0 Å². The molecule has 1 saturated heterocycles. The molecule has 24 heavy (non-hydrogen) atoms. The van der Waals surface area contributed by atoms with Crippen LogP contribution in [0, 0.1) is 13.8 Å². The summed E-state index contributed by atoms with van der Waals surface area (Å²) in [7, 11) is 1.95. The highest BCUT2D eigenvalue weighted by Crippen LogP contribution is 2.16. The van der Waals surface area contributed by atoms with Crippen LogP contribution in [0.15, 0.2) is 6.07 Å². The van der Waals surface area contributed by atoms with Crippen LogP contribution in [-0.2, 0) is 19.9 Å². The Bertz CT molecular complexity index is 872. The predicted molar refractivity (Wildman–Crippen MR) is 90.1 cm³/mol. The van der Waals surface area contributed by atoms with Gasteiger partial charge in [-0.2, -0.15) is 9.50 Å². The van der Waals surface area contributed by atoms with Gasteiger partial charge in [-0.05, 0) is 26.7 Å². The number of aryl methyl sites for hydroxylation is 5. The van der Waals surface area contributed by atoms with Gasteiger partial charge in [-0.25, -0.2) is 9.97 Å². The zero-order chi connectivity index (χ0) is 16.7. The fourth-order valence-electron chi connectivity index (χ4n) is 3.22. The Kier molecular flexibility index (Phi) is 3.66. The van der Waals surface area contributed by atoms with Gasteiger partial charge in [-0.3, -0.25) is 4.68 Å². The first kappa shape index (κ1) is 15.0. The van der Waals surface area contributed by atoms with E-state index in [-0.39, 0.29) is 0 Å². The lowest BCUT2D eigenvalue weighted by molar-refractivity contribution is 0.680. The van der Waals surface area contributed by atoms with E-state index >= 15 is 0 Å². The lowest BCUT2D eigenvalue weighted by atomic mass is 10.3. The molecule has 126 valence electrons. The SMILES string of the molecule is Cc1cc2nc(CCc3nc(N4CCCC4)nn3C)nn2c(C)n1. The number of hydrogen-bond acceptors (Lipinski definition) is 6. The molecule has 3 aromatic heterocycles. The average molecular weight is 326 g/mol. The van der Waals surface area contributed by atoms with E-state index in [4.69, 9.17) is 4.98 Å². The summed E-state index contributed by atoms with van der Waals surface area (Å²) in [4.78, 5) is 16.0. The number of nitrogens with zero attached hydrogens (tertiary/aromatic N) is 8. The second-order valence-electron chi connectivity index (χ2n) is 6.39. The molecule has 3 aromatic rings. The first-order valence-electron chi connectivity index (χ1n) is 8.45. The average Bonchev–Trinajstić information content (AvgIpc) is 3.24. The van der Waals surface area contributed by atoms with Crippen molar-refractivity contribution in [2.45, 2.75) is 39.5 Å². The molecule has 0 spiro atoms. The molecule has 0 aromatic carbocycles. The number of rotatable bonds is 4. The third-order valence-corrected chi connectivity index (χ3v) is 4.46. The molecule has 8 heteroatoms. The molecule has 0 N–H and O–H groups in total. The molecule has 1 fully saturated rings. The molecule has 0 radical (unpaired) electrons. The smallest absolute Gasteiger partial charge is 0.244 e. The van der Waals surface area contributed by atoms with Crippen molar-refractivity contribution in [3.63, 3.8) is 0 Å². The third-order valence-electron chi connectivity index (χ3n) is 4.46. The maximum absolute atomic E-state index is 4.70. The molecule has 0 saturated carbocycles. The summed E-state index contributed by atoms with van der Waals surface area (Å²) < 4.78 is 3.68. The Balaban J connectivity index is 1.51. The van der Waals surface area contributed by atoms with Crippen molar-refractivity contribution in [2.75, 3.05) is 18.0 Å². The van der Waals surface area contributed by atoms with Crippen molar-refractivity contribution in [3.05, 3.63) is 29.2 Å². The van der Waals surface area contributed by atoms with Crippen LogP contribution in [0.5, 0.6) is 0 Å². The highest BCUT2D eigenvalue weighted by atomic mass is 15.4. The van der Waals surface area contributed by atoms with E-state index in [1.807, 2.05) is 31.6 Å². The summed E-state index contributed by atoms with van der Waals surface area (Å²) >= 11 is 0. The van der Waals surface area contributed by atoms with E-state index in [0.717, 1.165) is 60.7 Å². The van der Waals surface area contributed by atoms with E-state index < -0.39 is 0 Å². The molecule has 0 unspecified atom stereocenters. The Morgan fingerprint density at radius 1 is 1.00 bits per heavy atom. The molecule has 4 heterocycles. The van der Waals surface area contributed by atoms with E-state index in [0.29, 0.717) is 0 Å². The van der Waals surface area contributed by atoms with E-state index in [9.17, 15) is 0 Å². The van der Waals surface area contributed by atoms with Crippen LogP contribution in [0.3, 0.4) is 0 Å². The van der Waals surface area contributed by atoms with E-state index in [2.05, 4.69) is 25.1 Å².